The third-order valence-electron chi connectivity index (χ3n) is 4.56. The van der Waals surface area contributed by atoms with E-state index in [-0.39, 0.29) is 0 Å². The average Bonchev–Trinajstić information content (AvgIpc) is 2.45. The molecule has 3 aliphatic rings. The summed E-state index contributed by atoms with van der Waals surface area (Å²) in [6.07, 6.45) is 2.55. The van der Waals surface area contributed by atoms with Gasteiger partial charge in [-0.3, -0.25) is 0 Å². The zero-order valence-corrected chi connectivity index (χ0v) is 12.2. The minimum Gasteiger partial charge on any atom is -0.325 e. The summed E-state index contributed by atoms with van der Waals surface area (Å²) in [5.74, 6) is 1.91. The number of halogens is 1. The zero-order valence-electron chi connectivity index (χ0n) is 10.6. The number of imidazole rings is 1. The number of nitrogens with zero attached hydrogens (tertiary/aromatic N) is 2. The van der Waals surface area contributed by atoms with Crippen molar-refractivity contribution in [2.75, 3.05) is 0 Å². The van der Waals surface area contributed by atoms with Gasteiger partial charge in [-0.25, -0.2) is 4.98 Å². The van der Waals surface area contributed by atoms with Crippen LogP contribution in [0.15, 0.2) is 22.7 Å². The van der Waals surface area contributed by atoms with E-state index in [1.165, 1.54) is 41.2 Å². The molecule has 2 aliphatic heterocycles. The summed E-state index contributed by atoms with van der Waals surface area (Å²) in [5.41, 5.74) is 5.31. The second kappa shape index (κ2) is 3.47. The molecule has 0 atom stereocenters. The molecule has 0 amide bonds. The van der Waals surface area contributed by atoms with Crippen molar-refractivity contribution in [1.29, 1.82) is 0 Å². The molecule has 1 aromatic heterocycles. The minimum atomic E-state index is 0.664. The molecular formula is C15H15BrN2. The van der Waals surface area contributed by atoms with E-state index in [1.54, 1.807) is 0 Å². The Balaban J connectivity index is 2.08. The first kappa shape index (κ1) is 10.8. The van der Waals surface area contributed by atoms with Crippen molar-refractivity contribution in [1.82, 2.24) is 9.55 Å². The number of aromatic nitrogens is 2. The highest BCUT2D eigenvalue weighted by Gasteiger charge is 2.39. The van der Waals surface area contributed by atoms with Gasteiger partial charge in [0.2, 0.25) is 0 Å². The Hall–Kier alpha value is -1.09. The highest BCUT2D eigenvalue weighted by atomic mass is 79.9. The van der Waals surface area contributed by atoms with E-state index in [2.05, 4.69) is 52.5 Å². The van der Waals surface area contributed by atoms with Gasteiger partial charge in [0.05, 0.1) is 5.69 Å². The SMILES string of the molecule is Cc1nc2n(c1C)C1CC(C1)c1ccc(Br)cc1-2. The second-order valence-corrected chi connectivity index (χ2v) is 6.45. The molecule has 0 spiro atoms. The molecule has 0 N–H and O–H groups in total. The lowest BCUT2D eigenvalue weighted by Crippen LogP contribution is -2.23. The van der Waals surface area contributed by atoms with Gasteiger partial charge in [-0.05, 0) is 50.3 Å². The lowest BCUT2D eigenvalue weighted by atomic mass is 9.76. The van der Waals surface area contributed by atoms with E-state index in [1.807, 2.05) is 0 Å². The molecule has 0 unspecified atom stereocenters. The molecular weight excluding hydrogens is 288 g/mol. The second-order valence-electron chi connectivity index (χ2n) is 5.53. The first-order chi connectivity index (χ1) is 8.65. The molecule has 5 rings (SSSR count). The van der Waals surface area contributed by atoms with Gasteiger partial charge in [-0.2, -0.15) is 0 Å². The fraction of sp³-hybridized carbons (Fsp3) is 0.400. The van der Waals surface area contributed by atoms with Crippen LogP contribution in [0.1, 0.15) is 41.8 Å². The first-order valence-electron chi connectivity index (χ1n) is 6.50. The van der Waals surface area contributed by atoms with Crippen LogP contribution in [0, 0.1) is 13.8 Å². The van der Waals surface area contributed by atoms with Crippen LogP contribution >= 0.6 is 15.9 Å². The molecule has 18 heavy (non-hydrogen) atoms. The van der Waals surface area contributed by atoms with Crippen LogP contribution in [0.2, 0.25) is 0 Å². The fourth-order valence-corrected chi connectivity index (χ4v) is 3.76. The van der Waals surface area contributed by atoms with Crippen molar-refractivity contribution in [2.24, 2.45) is 0 Å². The normalized spacial score (nSPS) is 23.9. The zero-order chi connectivity index (χ0) is 12.4. The van der Waals surface area contributed by atoms with E-state index in [9.17, 15) is 0 Å². The Kier molecular flexibility index (Phi) is 2.08. The quantitative estimate of drug-likeness (QED) is 0.707. The van der Waals surface area contributed by atoms with Gasteiger partial charge in [-0.15, -0.1) is 0 Å². The van der Waals surface area contributed by atoms with Gasteiger partial charge in [-0.1, -0.05) is 22.0 Å². The van der Waals surface area contributed by atoms with Gasteiger partial charge in [0.1, 0.15) is 5.82 Å². The van der Waals surface area contributed by atoms with Crippen molar-refractivity contribution in [3.63, 3.8) is 0 Å². The topological polar surface area (TPSA) is 17.8 Å². The Labute approximate surface area is 115 Å². The smallest absolute Gasteiger partial charge is 0.141 e. The summed E-state index contributed by atoms with van der Waals surface area (Å²) < 4.78 is 3.61. The Morgan fingerprint density at radius 1 is 1.28 bits per heavy atom. The summed E-state index contributed by atoms with van der Waals surface area (Å²) >= 11 is 3.59. The minimum absolute atomic E-state index is 0.664. The summed E-state index contributed by atoms with van der Waals surface area (Å²) in [6, 6.07) is 7.32. The van der Waals surface area contributed by atoms with Crippen molar-refractivity contribution < 1.29 is 0 Å². The maximum atomic E-state index is 4.81. The number of hydrogen-bond donors (Lipinski definition) is 0. The molecule has 3 heterocycles. The van der Waals surface area contributed by atoms with E-state index in [0.717, 1.165) is 10.4 Å². The van der Waals surface area contributed by atoms with Crippen LogP contribution in [0.5, 0.6) is 0 Å². The molecule has 92 valence electrons. The first-order valence-corrected chi connectivity index (χ1v) is 7.29. The summed E-state index contributed by atoms with van der Waals surface area (Å²) in [5, 5.41) is 0. The molecule has 3 heteroatoms. The predicted molar refractivity (Wildman–Crippen MR) is 75.8 cm³/mol. The standard InChI is InChI=1S/C15H15BrN2/c1-8-9(2)18-12-5-10(6-12)13-4-3-11(16)7-14(13)15(18)17-8/h3-4,7,10,12H,5-6H2,1-2H3. The largest absolute Gasteiger partial charge is 0.325 e. The number of rotatable bonds is 0. The van der Waals surface area contributed by atoms with Gasteiger partial charge < -0.3 is 4.57 Å². The Bertz CT molecular complexity index is 651. The average molecular weight is 303 g/mol. The van der Waals surface area contributed by atoms with Gasteiger partial charge >= 0.3 is 0 Å². The van der Waals surface area contributed by atoms with Crippen LogP contribution in [-0.4, -0.2) is 9.55 Å². The summed E-state index contributed by atoms with van der Waals surface area (Å²) in [4.78, 5) is 4.81. The molecule has 2 aromatic rings. The van der Waals surface area contributed by atoms with Crippen LogP contribution in [0.3, 0.4) is 0 Å². The third kappa shape index (κ3) is 1.26. The van der Waals surface area contributed by atoms with Crippen LogP contribution in [-0.2, 0) is 0 Å². The number of hydrogen-bond acceptors (Lipinski definition) is 1. The highest BCUT2D eigenvalue weighted by Crippen LogP contribution is 2.52. The summed E-state index contributed by atoms with van der Waals surface area (Å²) in [6.45, 7) is 4.31. The van der Waals surface area contributed by atoms with Crippen LogP contribution < -0.4 is 0 Å². The molecule has 0 radical (unpaired) electrons. The number of benzene rings is 1. The fourth-order valence-electron chi connectivity index (χ4n) is 3.39. The molecule has 1 saturated carbocycles. The predicted octanol–water partition coefficient (Wildman–Crippen LogP) is 4.36. The van der Waals surface area contributed by atoms with Crippen LogP contribution in [0.4, 0.5) is 0 Å². The van der Waals surface area contributed by atoms with Gasteiger partial charge in [0, 0.05) is 21.8 Å². The van der Waals surface area contributed by atoms with E-state index < -0.39 is 0 Å². The molecule has 2 nitrogen and oxygen atoms in total. The van der Waals surface area contributed by atoms with Crippen molar-refractivity contribution in [2.45, 2.75) is 38.6 Å². The Morgan fingerprint density at radius 3 is 2.83 bits per heavy atom. The van der Waals surface area contributed by atoms with Gasteiger partial charge in [0.15, 0.2) is 0 Å². The highest BCUT2D eigenvalue weighted by molar-refractivity contribution is 9.10. The van der Waals surface area contributed by atoms with E-state index >= 15 is 0 Å². The number of aryl methyl sites for hydroxylation is 1. The third-order valence-corrected chi connectivity index (χ3v) is 5.05. The summed E-state index contributed by atoms with van der Waals surface area (Å²) in [7, 11) is 0. The lowest BCUT2D eigenvalue weighted by molar-refractivity contribution is 0.271. The lowest BCUT2D eigenvalue weighted by Gasteiger charge is -2.35. The molecule has 2 bridgehead atoms. The Morgan fingerprint density at radius 2 is 2.06 bits per heavy atom. The maximum absolute atomic E-state index is 4.81. The van der Waals surface area contributed by atoms with Crippen molar-refractivity contribution >= 4 is 15.9 Å². The van der Waals surface area contributed by atoms with Gasteiger partial charge in [0.25, 0.3) is 0 Å². The van der Waals surface area contributed by atoms with Crippen molar-refractivity contribution in [3.8, 4) is 11.4 Å². The van der Waals surface area contributed by atoms with E-state index in [0.29, 0.717) is 6.04 Å². The molecule has 1 fully saturated rings. The van der Waals surface area contributed by atoms with Crippen LogP contribution in [0.25, 0.3) is 11.4 Å². The van der Waals surface area contributed by atoms with E-state index in [4.69, 9.17) is 4.98 Å². The maximum Gasteiger partial charge on any atom is 0.141 e. The molecule has 1 aliphatic carbocycles. The monoisotopic (exact) mass is 302 g/mol. The molecule has 1 aromatic carbocycles. The van der Waals surface area contributed by atoms with Crippen molar-refractivity contribution in [3.05, 3.63) is 39.6 Å². The molecule has 0 saturated heterocycles.